The zero-order chi connectivity index (χ0) is 22.3. The molecule has 0 aliphatic heterocycles. The number of hydrogen-bond donors (Lipinski definition) is 0. The molecule has 2 rings (SSSR count). The third-order valence-electron chi connectivity index (χ3n) is 4.58. The first-order valence-corrected chi connectivity index (χ1v) is 10.7. The lowest BCUT2D eigenvalue weighted by Gasteiger charge is -2.27. The molecule has 0 saturated heterocycles. The van der Waals surface area contributed by atoms with Crippen molar-refractivity contribution < 1.29 is 19.0 Å². The fourth-order valence-corrected chi connectivity index (χ4v) is 3.62. The van der Waals surface area contributed by atoms with Crippen molar-refractivity contribution in [3.63, 3.8) is 0 Å². The number of carbonyl (C=O) groups is 1. The molecular weight excluding hydrogens is 447 g/mol. The van der Waals surface area contributed by atoms with E-state index in [0.29, 0.717) is 22.4 Å². The minimum atomic E-state index is -0.589. The zero-order valence-electron chi connectivity index (χ0n) is 17.2. The lowest BCUT2D eigenvalue weighted by Crippen LogP contribution is -2.26. The Morgan fingerprint density at radius 1 is 1.10 bits per heavy atom. The van der Waals surface area contributed by atoms with Crippen LogP contribution >= 0.6 is 34.8 Å². The molecule has 0 unspecified atom stereocenters. The monoisotopic (exact) mass is 470 g/mol. The molecule has 2 aromatic rings. The molecule has 0 N–H and O–H groups in total. The van der Waals surface area contributed by atoms with Crippen LogP contribution < -0.4 is 9.47 Å². The van der Waals surface area contributed by atoms with Gasteiger partial charge in [-0.15, -0.1) is 11.6 Å². The van der Waals surface area contributed by atoms with E-state index in [1.807, 2.05) is 36.4 Å². The van der Waals surface area contributed by atoms with Gasteiger partial charge in [0.15, 0.2) is 5.75 Å². The van der Waals surface area contributed by atoms with Crippen LogP contribution in [0, 0.1) is 13.3 Å². The third kappa shape index (κ3) is 6.44. The van der Waals surface area contributed by atoms with Crippen molar-refractivity contribution in [2.75, 3.05) is 19.1 Å². The molecule has 7 heteroatoms. The number of carbonyl (C=O) groups excluding carboxylic acids is 1. The maximum atomic E-state index is 11.1. The predicted molar refractivity (Wildman–Crippen MR) is 122 cm³/mol. The van der Waals surface area contributed by atoms with Crippen molar-refractivity contribution in [3.8, 4) is 11.5 Å². The molecule has 0 aliphatic carbocycles. The molecule has 0 amide bonds. The van der Waals surface area contributed by atoms with E-state index in [9.17, 15) is 4.79 Å². The van der Waals surface area contributed by atoms with Crippen molar-refractivity contribution in [2.45, 2.75) is 32.3 Å². The summed E-state index contributed by atoms with van der Waals surface area (Å²) in [5, 5.41) is 0.736. The second-order valence-corrected chi connectivity index (χ2v) is 8.34. The van der Waals surface area contributed by atoms with Crippen LogP contribution in [0.15, 0.2) is 36.4 Å². The van der Waals surface area contributed by atoms with Crippen LogP contribution in [-0.2, 0) is 14.9 Å². The summed E-state index contributed by atoms with van der Waals surface area (Å²) in [6.45, 7) is 9.64. The fourth-order valence-electron chi connectivity index (χ4n) is 2.87. The molecule has 0 saturated carbocycles. The van der Waals surface area contributed by atoms with Crippen molar-refractivity contribution in [3.05, 3.63) is 70.9 Å². The van der Waals surface area contributed by atoms with Gasteiger partial charge in [-0.3, -0.25) is 4.79 Å². The van der Waals surface area contributed by atoms with Gasteiger partial charge in [0.25, 0.3) is 0 Å². The quantitative estimate of drug-likeness (QED) is 0.302. The molecule has 0 heterocycles. The van der Waals surface area contributed by atoms with Crippen LogP contribution in [0.2, 0.25) is 10.0 Å². The summed E-state index contributed by atoms with van der Waals surface area (Å²) >= 11 is 18.7. The van der Waals surface area contributed by atoms with Crippen LogP contribution in [0.5, 0.6) is 11.5 Å². The number of rotatable bonds is 10. The Hall–Kier alpha value is -1.62. The first kappa shape index (κ1) is 24.6. The Morgan fingerprint density at radius 2 is 1.70 bits per heavy atom. The van der Waals surface area contributed by atoms with Crippen molar-refractivity contribution in [1.82, 2.24) is 0 Å². The molecule has 0 spiro atoms. The van der Waals surface area contributed by atoms with Gasteiger partial charge in [-0.05, 0) is 48.7 Å². The highest BCUT2D eigenvalue weighted by molar-refractivity contribution is 6.37. The molecule has 0 bridgehead atoms. The number of benzene rings is 2. The van der Waals surface area contributed by atoms with Crippen molar-refractivity contribution in [1.29, 1.82) is 0 Å². The van der Waals surface area contributed by atoms with E-state index in [1.54, 1.807) is 6.42 Å². The predicted octanol–water partition coefficient (Wildman–Crippen LogP) is 6.29. The van der Waals surface area contributed by atoms with Gasteiger partial charge in [0.2, 0.25) is 0 Å². The topological polar surface area (TPSA) is 44.8 Å². The summed E-state index contributed by atoms with van der Waals surface area (Å²) in [5.74, 6) is 0.774. The maximum absolute atomic E-state index is 11.1. The summed E-state index contributed by atoms with van der Waals surface area (Å²) in [6.07, 6.45) is 1.11. The summed E-state index contributed by atoms with van der Waals surface area (Å²) in [4.78, 5) is 11.1. The van der Waals surface area contributed by atoms with Crippen LogP contribution in [0.3, 0.4) is 0 Å². The Bertz CT molecular complexity index is 827. The van der Waals surface area contributed by atoms with Crippen LogP contribution in [0.1, 0.15) is 31.9 Å². The molecule has 2 aromatic carbocycles. The second-order valence-electron chi connectivity index (χ2n) is 7.21. The van der Waals surface area contributed by atoms with E-state index in [0.717, 1.165) is 16.9 Å². The Morgan fingerprint density at radius 3 is 2.20 bits per heavy atom. The molecule has 2 radical (unpaired) electrons. The SMILES string of the molecule is [CH2][CH]COc1ccc(C(C)(C)c2cc(Cl)c(OC[C@@H](CCl)OC(C)=O)c(Cl)c2)cc1. The maximum Gasteiger partial charge on any atom is 0.303 e. The Kier molecular flexibility index (Phi) is 9.14. The van der Waals surface area contributed by atoms with Crippen molar-refractivity contribution in [2.24, 2.45) is 0 Å². The molecule has 0 aromatic heterocycles. The van der Waals surface area contributed by atoms with Gasteiger partial charge in [-0.1, -0.05) is 49.2 Å². The highest BCUT2D eigenvalue weighted by Gasteiger charge is 2.26. The average molecular weight is 472 g/mol. The number of halogens is 3. The van der Waals surface area contributed by atoms with Gasteiger partial charge in [-0.2, -0.15) is 0 Å². The first-order chi connectivity index (χ1) is 14.2. The van der Waals surface area contributed by atoms with Crippen LogP contribution in [0.4, 0.5) is 0 Å². The number of alkyl halides is 1. The standard InChI is InChI=1S/C23H25Cl3O4/c1-5-10-28-18-8-6-16(7-9-18)23(3,4)17-11-20(25)22(21(26)12-17)29-14-19(13-24)30-15(2)27/h5-9,11-12,19H,1,10,13-14H2,2-4H3/t19-/m1/s1. The molecule has 4 nitrogen and oxygen atoms in total. The molecule has 30 heavy (non-hydrogen) atoms. The van der Waals surface area contributed by atoms with Gasteiger partial charge in [-0.25, -0.2) is 0 Å². The summed E-state index contributed by atoms with van der Waals surface area (Å²) in [5.41, 5.74) is 1.64. The van der Waals surface area contributed by atoms with E-state index in [-0.39, 0.29) is 17.9 Å². The number of hydrogen-bond acceptors (Lipinski definition) is 4. The van der Waals surface area contributed by atoms with Crippen molar-refractivity contribution >= 4 is 40.8 Å². The fraction of sp³-hybridized carbons (Fsp3) is 0.348. The molecule has 1 atom stereocenters. The normalized spacial score (nSPS) is 12.4. The molecule has 0 aliphatic rings. The number of esters is 1. The van der Waals surface area contributed by atoms with Gasteiger partial charge in [0.1, 0.15) is 18.5 Å². The summed E-state index contributed by atoms with van der Waals surface area (Å²) in [7, 11) is 0. The Balaban J connectivity index is 2.20. The highest BCUT2D eigenvalue weighted by atomic mass is 35.5. The summed E-state index contributed by atoms with van der Waals surface area (Å²) < 4.78 is 16.3. The molecular formula is C23H25Cl3O4. The van der Waals surface area contributed by atoms with E-state index < -0.39 is 12.1 Å². The summed E-state index contributed by atoms with van der Waals surface area (Å²) in [6, 6.07) is 11.5. The minimum absolute atomic E-state index is 0.0530. The molecule has 0 fully saturated rings. The smallest absolute Gasteiger partial charge is 0.303 e. The number of ether oxygens (including phenoxy) is 3. The third-order valence-corrected chi connectivity index (χ3v) is 5.49. The van der Waals surface area contributed by atoms with E-state index >= 15 is 0 Å². The molecule has 162 valence electrons. The van der Waals surface area contributed by atoms with E-state index in [2.05, 4.69) is 20.8 Å². The van der Waals surface area contributed by atoms with Crippen LogP contribution in [0.25, 0.3) is 0 Å². The highest BCUT2D eigenvalue weighted by Crippen LogP contribution is 2.40. The lowest BCUT2D eigenvalue weighted by atomic mass is 9.78. The van der Waals surface area contributed by atoms with E-state index in [4.69, 9.17) is 49.0 Å². The van der Waals surface area contributed by atoms with Gasteiger partial charge in [0, 0.05) is 12.3 Å². The van der Waals surface area contributed by atoms with Crippen LogP contribution in [-0.4, -0.2) is 31.2 Å². The second kappa shape index (κ2) is 11.1. The van der Waals surface area contributed by atoms with Gasteiger partial charge in [0.05, 0.1) is 22.5 Å². The zero-order valence-corrected chi connectivity index (χ0v) is 19.5. The lowest BCUT2D eigenvalue weighted by molar-refractivity contribution is -0.146. The van der Waals surface area contributed by atoms with Gasteiger partial charge < -0.3 is 14.2 Å². The first-order valence-electron chi connectivity index (χ1n) is 9.38. The van der Waals surface area contributed by atoms with Gasteiger partial charge >= 0.3 is 5.97 Å². The van der Waals surface area contributed by atoms with E-state index in [1.165, 1.54) is 6.92 Å². The largest absolute Gasteiger partial charge is 0.493 e. The minimum Gasteiger partial charge on any atom is -0.493 e. The Labute approximate surface area is 193 Å². The average Bonchev–Trinajstić information content (AvgIpc) is 2.70.